The predicted octanol–water partition coefficient (Wildman–Crippen LogP) is 3.11. The Morgan fingerprint density at radius 2 is 2.21 bits per heavy atom. The summed E-state index contributed by atoms with van der Waals surface area (Å²) in [7, 11) is 1.64. The van der Waals surface area contributed by atoms with E-state index >= 15 is 0 Å². The topological polar surface area (TPSA) is 26.3 Å². The minimum Gasteiger partial charge on any atom is -0.495 e. The van der Waals surface area contributed by atoms with Gasteiger partial charge in [-0.15, -0.1) is 11.3 Å². The molecule has 0 aliphatic carbocycles. The van der Waals surface area contributed by atoms with E-state index in [1.54, 1.807) is 25.4 Å². The first-order valence-corrected chi connectivity index (χ1v) is 5.17. The molecule has 0 aliphatic heterocycles. The first kappa shape index (κ1) is 9.21. The molecule has 2 nitrogen and oxygen atoms in total. The van der Waals surface area contributed by atoms with Crippen molar-refractivity contribution in [3.8, 4) is 5.75 Å². The number of hydrogen-bond acceptors (Lipinski definition) is 3. The maximum absolute atomic E-state index is 11.3. The van der Waals surface area contributed by atoms with E-state index in [0.29, 0.717) is 0 Å². The Bertz CT molecular complexity index is 485. The maximum Gasteiger partial charge on any atom is 0.161 e. The lowest BCUT2D eigenvalue weighted by atomic mass is 10.1. The molecule has 0 saturated carbocycles. The van der Waals surface area contributed by atoms with Crippen molar-refractivity contribution in [1.82, 2.24) is 0 Å². The van der Waals surface area contributed by atoms with Crippen LogP contribution in [0.4, 0.5) is 0 Å². The minimum absolute atomic E-state index is 0.101. The number of fused-ring (bicyclic) bond motifs is 1. The van der Waals surface area contributed by atoms with Gasteiger partial charge in [-0.05, 0) is 13.0 Å². The van der Waals surface area contributed by atoms with E-state index in [2.05, 4.69) is 0 Å². The van der Waals surface area contributed by atoms with Crippen LogP contribution < -0.4 is 4.74 Å². The molecule has 1 aromatic heterocycles. The summed E-state index contributed by atoms with van der Waals surface area (Å²) in [5.41, 5.74) is 0.781. The van der Waals surface area contributed by atoms with Gasteiger partial charge in [-0.25, -0.2) is 0 Å². The lowest BCUT2D eigenvalue weighted by Crippen LogP contribution is -1.89. The summed E-state index contributed by atoms with van der Waals surface area (Å²) < 4.78 is 6.26. The van der Waals surface area contributed by atoms with Gasteiger partial charge in [0.2, 0.25) is 0 Å². The molecule has 0 unspecified atom stereocenters. The largest absolute Gasteiger partial charge is 0.495 e. The van der Waals surface area contributed by atoms with Crippen LogP contribution in [0.15, 0.2) is 23.6 Å². The van der Waals surface area contributed by atoms with E-state index in [9.17, 15) is 4.79 Å². The van der Waals surface area contributed by atoms with Gasteiger partial charge in [-0.3, -0.25) is 4.79 Å². The zero-order chi connectivity index (χ0) is 10.1. The van der Waals surface area contributed by atoms with Gasteiger partial charge < -0.3 is 4.74 Å². The van der Waals surface area contributed by atoms with E-state index in [4.69, 9.17) is 4.74 Å². The fourth-order valence-electron chi connectivity index (χ4n) is 1.46. The van der Waals surface area contributed by atoms with Crippen molar-refractivity contribution in [2.75, 3.05) is 7.11 Å². The van der Waals surface area contributed by atoms with Crippen LogP contribution in [-0.4, -0.2) is 12.9 Å². The van der Waals surface area contributed by atoms with Gasteiger partial charge in [-0.2, -0.15) is 0 Å². The zero-order valence-electron chi connectivity index (χ0n) is 8.03. The van der Waals surface area contributed by atoms with Crippen LogP contribution in [0.3, 0.4) is 0 Å². The summed E-state index contributed by atoms with van der Waals surface area (Å²) in [5, 5.41) is 2.87. The van der Waals surface area contributed by atoms with E-state index in [1.165, 1.54) is 0 Å². The van der Waals surface area contributed by atoms with Crippen LogP contribution >= 0.6 is 11.3 Å². The molecule has 0 aliphatic rings. The smallest absolute Gasteiger partial charge is 0.161 e. The molecular weight excluding hydrogens is 196 g/mol. The SMILES string of the molecule is COc1cccc2c(C(C)=O)csc12. The molecule has 3 heteroatoms. The second-order valence-corrected chi connectivity index (χ2v) is 3.92. The van der Waals surface area contributed by atoms with E-state index in [-0.39, 0.29) is 5.78 Å². The standard InChI is InChI=1S/C11H10O2S/c1-7(12)9-6-14-11-8(9)4-3-5-10(11)13-2/h3-6H,1-2H3. The molecule has 1 heterocycles. The normalized spacial score (nSPS) is 10.4. The third-order valence-corrected chi connectivity index (χ3v) is 3.17. The number of thiophene rings is 1. The van der Waals surface area contributed by atoms with Gasteiger partial charge >= 0.3 is 0 Å². The monoisotopic (exact) mass is 206 g/mol. The van der Waals surface area contributed by atoms with Crippen LogP contribution in [0.25, 0.3) is 10.1 Å². The lowest BCUT2D eigenvalue weighted by Gasteiger charge is -2.00. The highest BCUT2D eigenvalue weighted by Crippen LogP contribution is 2.33. The molecule has 0 bridgehead atoms. The number of carbonyl (C=O) groups is 1. The third kappa shape index (κ3) is 1.30. The number of hydrogen-bond donors (Lipinski definition) is 0. The molecule has 14 heavy (non-hydrogen) atoms. The number of Topliss-reactive ketones (excluding diaryl/α,β-unsaturated/α-hetero) is 1. The second-order valence-electron chi connectivity index (χ2n) is 3.04. The Hall–Kier alpha value is -1.35. The van der Waals surface area contributed by atoms with Crippen molar-refractivity contribution >= 4 is 27.2 Å². The predicted molar refractivity (Wildman–Crippen MR) is 58.4 cm³/mol. The molecule has 0 spiro atoms. The number of rotatable bonds is 2. The molecule has 0 fully saturated rings. The van der Waals surface area contributed by atoms with Crippen LogP contribution in [0.5, 0.6) is 5.75 Å². The fraction of sp³-hybridized carbons (Fsp3) is 0.182. The summed E-state index contributed by atoms with van der Waals surface area (Å²) in [6, 6.07) is 5.76. The van der Waals surface area contributed by atoms with Gasteiger partial charge in [0.15, 0.2) is 5.78 Å². The Morgan fingerprint density at radius 3 is 2.86 bits per heavy atom. The average molecular weight is 206 g/mol. The Balaban J connectivity index is 2.75. The molecule has 0 atom stereocenters. The van der Waals surface area contributed by atoms with E-state index in [0.717, 1.165) is 21.4 Å². The minimum atomic E-state index is 0.101. The summed E-state index contributed by atoms with van der Waals surface area (Å²) >= 11 is 1.55. The van der Waals surface area contributed by atoms with E-state index < -0.39 is 0 Å². The highest BCUT2D eigenvalue weighted by Gasteiger charge is 2.10. The number of benzene rings is 1. The molecular formula is C11H10O2S. The molecule has 2 aromatic rings. The quantitative estimate of drug-likeness (QED) is 0.706. The summed E-state index contributed by atoms with van der Waals surface area (Å²) in [5.74, 6) is 0.935. The highest BCUT2D eigenvalue weighted by atomic mass is 32.1. The van der Waals surface area contributed by atoms with E-state index in [1.807, 2.05) is 23.6 Å². The van der Waals surface area contributed by atoms with Gasteiger partial charge in [0.05, 0.1) is 11.8 Å². The van der Waals surface area contributed by atoms with Crippen LogP contribution in [-0.2, 0) is 0 Å². The second kappa shape index (κ2) is 3.42. The van der Waals surface area contributed by atoms with Gasteiger partial charge in [0.25, 0.3) is 0 Å². The molecule has 1 aromatic carbocycles. The van der Waals surface area contributed by atoms with Crippen LogP contribution in [0.1, 0.15) is 17.3 Å². The molecule has 0 N–H and O–H groups in total. The third-order valence-electron chi connectivity index (χ3n) is 2.16. The summed E-state index contributed by atoms with van der Waals surface area (Å²) in [6.07, 6.45) is 0. The van der Waals surface area contributed by atoms with Crippen molar-refractivity contribution < 1.29 is 9.53 Å². The van der Waals surface area contributed by atoms with Gasteiger partial charge in [0, 0.05) is 16.3 Å². The van der Waals surface area contributed by atoms with Crippen molar-refractivity contribution in [2.45, 2.75) is 6.92 Å². The number of ketones is 1. The van der Waals surface area contributed by atoms with Crippen molar-refractivity contribution in [1.29, 1.82) is 0 Å². The fourth-order valence-corrected chi connectivity index (χ4v) is 2.57. The van der Waals surface area contributed by atoms with Crippen molar-refractivity contribution in [3.05, 3.63) is 29.1 Å². The van der Waals surface area contributed by atoms with Gasteiger partial charge in [-0.1, -0.05) is 12.1 Å². The number of ether oxygens (including phenoxy) is 1. The summed E-state index contributed by atoms with van der Waals surface area (Å²) in [4.78, 5) is 11.3. The van der Waals surface area contributed by atoms with Crippen molar-refractivity contribution in [3.63, 3.8) is 0 Å². The average Bonchev–Trinajstić information content (AvgIpc) is 2.60. The Kier molecular flexibility index (Phi) is 2.25. The molecule has 0 saturated heterocycles. The first-order valence-electron chi connectivity index (χ1n) is 4.29. The lowest BCUT2D eigenvalue weighted by molar-refractivity contribution is 0.101. The molecule has 0 radical (unpaired) electrons. The Labute approximate surface area is 86.1 Å². The molecule has 2 rings (SSSR count). The zero-order valence-corrected chi connectivity index (χ0v) is 8.85. The molecule has 72 valence electrons. The van der Waals surface area contributed by atoms with Crippen LogP contribution in [0.2, 0.25) is 0 Å². The summed E-state index contributed by atoms with van der Waals surface area (Å²) in [6.45, 7) is 1.58. The first-order chi connectivity index (χ1) is 6.74. The maximum atomic E-state index is 11.3. The Morgan fingerprint density at radius 1 is 1.43 bits per heavy atom. The van der Waals surface area contributed by atoms with Crippen molar-refractivity contribution in [2.24, 2.45) is 0 Å². The molecule has 0 amide bonds. The highest BCUT2D eigenvalue weighted by molar-refractivity contribution is 7.18. The van der Waals surface area contributed by atoms with Crippen LogP contribution in [0, 0.1) is 0 Å². The number of methoxy groups -OCH3 is 1. The van der Waals surface area contributed by atoms with Gasteiger partial charge in [0.1, 0.15) is 5.75 Å². The number of carbonyl (C=O) groups excluding carboxylic acids is 1.